The lowest BCUT2D eigenvalue weighted by Crippen LogP contribution is -2.17. The maximum Gasteiger partial charge on any atom is 0.573 e. The molecule has 0 spiro atoms. The molecule has 6 heteroatoms. The molecule has 0 aliphatic rings. The van der Waals surface area contributed by atoms with Crippen LogP contribution >= 0.6 is 11.6 Å². The molecule has 0 radical (unpaired) electrons. The molecule has 0 saturated heterocycles. The molecule has 1 aromatic carbocycles. The number of aryl methyl sites for hydroxylation is 1. The number of alkyl halides is 3. The summed E-state index contributed by atoms with van der Waals surface area (Å²) < 4.78 is 51.6. The van der Waals surface area contributed by atoms with Gasteiger partial charge in [-0.2, -0.15) is 0 Å². The van der Waals surface area contributed by atoms with Gasteiger partial charge in [0.15, 0.2) is 5.75 Å². The summed E-state index contributed by atoms with van der Waals surface area (Å²) in [7, 11) is 0. The normalized spacial score (nSPS) is 11.6. The van der Waals surface area contributed by atoms with Crippen molar-refractivity contribution in [1.82, 2.24) is 0 Å². The van der Waals surface area contributed by atoms with Crippen molar-refractivity contribution in [2.75, 3.05) is 0 Å². The minimum atomic E-state index is -4.87. The first-order chi connectivity index (χ1) is 6.29. The second-order valence-electron chi connectivity index (χ2n) is 2.58. The average Bonchev–Trinajstić information content (AvgIpc) is 1.97. The van der Waals surface area contributed by atoms with Crippen LogP contribution in [-0.4, -0.2) is 6.36 Å². The minimum absolute atomic E-state index is 0.157. The summed E-state index contributed by atoms with van der Waals surface area (Å²) in [6.45, 7) is 1.39. The molecule has 0 N–H and O–H groups in total. The Hall–Kier alpha value is -0.970. The van der Waals surface area contributed by atoms with Crippen LogP contribution in [0.25, 0.3) is 0 Å². The molecule has 1 aromatic rings. The summed E-state index contributed by atoms with van der Waals surface area (Å²) in [5.74, 6) is -1.53. The quantitative estimate of drug-likeness (QED) is 0.666. The fourth-order valence-corrected chi connectivity index (χ4v) is 1.09. The topological polar surface area (TPSA) is 9.23 Å². The fraction of sp³-hybridized carbons (Fsp3) is 0.250. The number of rotatable bonds is 1. The van der Waals surface area contributed by atoms with E-state index in [0.29, 0.717) is 6.07 Å². The Balaban J connectivity index is 3.04. The van der Waals surface area contributed by atoms with E-state index in [9.17, 15) is 17.6 Å². The first-order valence-electron chi connectivity index (χ1n) is 3.51. The first-order valence-corrected chi connectivity index (χ1v) is 3.89. The van der Waals surface area contributed by atoms with Gasteiger partial charge in [-0.3, -0.25) is 0 Å². The molecule has 0 heterocycles. The van der Waals surface area contributed by atoms with Gasteiger partial charge in [0.2, 0.25) is 0 Å². The van der Waals surface area contributed by atoms with Crippen LogP contribution in [0.5, 0.6) is 5.75 Å². The summed E-state index contributed by atoms with van der Waals surface area (Å²) in [5.41, 5.74) is 0.157. The largest absolute Gasteiger partial charge is 0.573 e. The van der Waals surface area contributed by atoms with Crippen LogP contribution in [0.15, 0.2) is 12.1 Å². The summed E-state index contributed by atoms with van der Waals surface area (Å²) >= 11 is 5.42. The van der Waals surface area contributed by atoms with Gasteiger partial charge in [0, 0.05) is 6.07 Å². The Bertz CT molecular complexity index is 348. The van der Waals surface area contributed by atoms with Gasteiger partial charge in [0.05, 0.1) is 5.02 Å². The number of ether oxygens (including phenoxy) is 1. The van der Waals surface area contributed by atoms with E-state index in [-0.39, 0.29) is 10.6 Å². The van der Waals surface area contributed by atoms with Crippen LogP contribution in [-0.2, 0) is 0 Å². The highest BCUT2D eigenvalue weighted by atomic mass is 35.5. The van der Waals surface area contributed by atoms with Gasteiger partial charge in [-0.15, -0.1) is 13.2 Å². The zero-order chi connectivity index (χ0) is 10.9. The molecule has 0 fully saturated rings. The molecular formula is C8H5ClF4O. The van der Waals surface area contributed by atoms with Crippen LogP contribution < -0.4 is 4.74 Å². The van der Waals surface area contributed by atoms with E-state index in [1.54, 1.807) is 0 Å². The molecule has 0 unspecified atom stereocenters. The van der Waals surface area contributed by atoms with E-state index >= 15 is 0 Å². The Morgan fingerprint density at radius 3 is 2.36 bits per heavy atom. The van der Waals surface area contributed by atoms with E-state index in [2.05, 4.69) is 4.74 Å². The third-order valence-corrected chi connectivity index (χ3v) is 1.73. The van der Waals surface area contributed by atoms with E-state index in [1.807, 2.05) is 0 Å². The van der Waals surface area contributed by atoms with Gasteiger partial charge >= 0.3 is 6.36 Å². The molecule has 0 aliphatic carbocycles. The summed E-state index contributed by atoms with van der Waals surface area (Å²) in [4.78, 5) is 0. The lowest BCUT2D eigenvalue weighted by atomic mass is 10.2. The van der Waals surface area contributed by atoms with Crippen molar-refractivity contribution in [2.45, 2.75) is 13.3 Å². The smallest absolute Gasteiger partial charge is 0.404 e. The SMILES string of the molecule is Cc1cc(Cl)c(OC(F)(F)F)cc1F. The van der Waals surface area contributed by atoms with Crippen molar-refractivity contribution in [3.8, 4) is 5.75 Å². The molecule has 0 atom stereocenters. The van der Waals surface area contributed by atoms with Crippen molar-refractivity contribution in [1.29, 1.82) is 0 Å². The standard InChI is InChI=1S/C8H5ClF4O/c1-4-2-5(9)7(3-6(4)10)14-8(11,12)13/h2-3H,1H3. The molecule has 0 amide bonds. The van der Waals surface area contributed by atoms with Crippen LogP contribution in [0.3, 0.4) is 0 Å². The average molecular weight is 229 g/mol. The van der Waals surface area contributed by atoms with Gasteiger partial charge < -0.3 is 4.74 Å². The molecule has 0 aliphatic heterocycles. The maximum atomic E-state index is 12.8. The van der Waals surface area contributed by atoms with Crippen molar-refractivity contribution in [3.05, 3.63) is 28.5 Å². The number of hydrogen-bond acceptors (Lipinski definition) is 1. The predicted octanol–water partition coefficient (Wildman–Crippen LogP) is 3.69. The molecule has 1 nitrogen and oxygen atoms in total. The van der Waals surface area contributed by atoms with Gasteiger partial charge in [0.1, 0.15) is 5.82 Å². The maximum absolute atomic E-state index is 12.8. The zero-order valence-electron chi connectivity index (χ0n) is 6.95. The Kier molecular flexibility index (Phi) is 2.89. The molecule has 0 saturated carbocycles. The molecular weight excluding hydrogens is 224 g/mol. The Labute approximate surface area is 82.2 Å². The van der Waals surface area contributed by atoms with E-state index in [4.69, 9.17) is 11.6 Å². The van der Waals surface area contributed by atoms with E-state index in [1.165, 1.54) is 6.92 Å². The summed E-state index contributed by atoms with van der Waals surface area (Å²) in [5, 5.41) is -0.277. The zero-order valence-corrected chi connectivity index (χ0v) is 7.71. The summed E-state index contributed by atoms with van der Waals surface area (Å²) in [6.07, 6.45) is -4.87. The number of hydrogen-bond donors (Lipinski definition) is 0. The number of benzene rings is 1. The third kappa shape index (κ3) is 2.77. The molecule has 1 rings (SSSR count). The van der Waals surface area contributed by atoms with E-state index in [0.717, 1.165) is 6.07 Å². The van der Waals surface area contributed by atoms with E-state index < -0.39 is 17.9 Å². The Morgan fingerprint density at radius 2 is 1.86 bits per heavy atom. The minimum Gasteiger partial charge on any atom is -0.404 e. The monoisotopic (exact) mass is 228 g/mol. The van der Waals surface area contributed by atoms with Crippen LogP contribution in [0, 0.1) is 12.7 Å². The lowest BCUT2D eigenvalue weighted by Gasteiger charge is -2.10. The van der Waals surface area contributed by atoms with Crippen molar-refractivity contribution in [2.24, 2.45) is 0 Å². The van der Waals surface area contributed by atoms with Gasteiger partial charge in [-0.25, -0.2) is 4.39 Å². The molecule has 14 heavy (non-hydrogen) atoms. The highest BCUT2D eigenvalue weighted by molar-refractivity contribution is 6.32. The van der Waals surface area contributed by atoms with Gasteiger partial charge in [0.25, 0.3) is 0 Å². The Morgan fingerprint density at radius 1 is 1.29 bits per heavy atom. The third-order valence-electron chi connectivity index (χ3n) is 1.44. The first kappa shape index (κ1) is 11.1. The summed E-state index contributed by atoms with van der Waals surface area (Å²) in [6, 6.07) is 1.67. The molecule has 0 bridgehead atoms. The van der Waals surface area contributed by atoms with Crippen molar-refractivity contribution in [3.63, 3.8) is 0 Å². The van der Waals surface area contributed by atoms with Crippen molar-refractivity contribution >= 4 is 11.6 Å². The van der Waals surface area contributed by atoms with Crippen LogP contribution in [0.4, 0.5) is 17.6 Å². The second-order valence-corrected chi connectivity index (χ2v) is 2.99. The molecule has 0 aromatic heterocycles. The second kappa shape index (κ2) is 3.65. The highest BCUT2D eigenvalue weighted by Crippen LogP contribution is 2.31. The fourth-order valence-electron chi connectivity index (χ4n) is 0.831. The lowest BCUT2D eigenvalue weighted by molar-refractivity contribution is -0.274. The molecule has 78 valence electrons. The number of halogens is 5. The van der Waals surface area contributed by atoms with Gasteiger partial charge in [-0.05, 0) is 18.6 Å². The van der Waals surface area contributed by atoms with Crippen LogP contribution in [0.1, 0.15) is 5.56 Å². The van der Waals surface area contributed by atoms with Crippen molar-refractivity contribution < 1.29 is 22.3 Å². The highest BCUT2D eigenvalue weighted by Gasteiger charge is 2.32. The van der Waals surface area contributed by atoms with Crippen LogP contribution in [0.2, 0.25) is 5.02 Å². The predicted molar refractivity (Wildman–Crippen MR) is 42.8 cm³/mol. The van der Waals surface area contributed by atoms with Gasteiger partial charge in [-0.1, -0.05) is 11.6 Å².